The van der Waals surface area contributed by atoms with Gasteiger partial charge in [-0.05, 0) is 24.8 Å². The van der Waals surface area contributed by atoms with Crippen molar-refractivity contribution in [2.75, 3.05) is 0 Å². The minimum atomic E-state index is -0.963. The summed E-state index contributed by atoms with van der Waals surface area (Å²) in [7, 11) is 0. The van der Waals surface area contributed by atoms with E-state index < -0.39 is 11.9 Å². The number of carboxylic acids is 1. The number of hydrogen-bond donors (Lipinski definition) is 2. The van der Waals surface area contributed by atoms with Crippen molar-refractivity contribution in [1.82, 2.24) is 4.57 Å². The van der Waals surface area contributed by atoms with Gasteiger partial charge in [-0.2, -0.15) is 0 Å². The highest BCUT2D eigenvalue weighted by Gasteiger charge is 2.21. The molecule has 0 saturated carbocycles. The summed E-state index contributed by atoms with van der Waals surface area (Å²) in [6.07, 6.45) is 3.28. The molecule has 0 aliphatic heterocycles. The van der Waals surface area contributed by atoms with Gasteiger partial charge in [-0.25, -0.2) is 4.79 Å². The predicted octanol–water partition coefficient (Wildman–Crippen LogP) is 1.58. The van der Waals surface area contributed by atoms with Crippen molar-refractivity contribution in [3.05, 3.63) is 23.5 Å². The molecule has 0 bridgehead atoms. The van der Waals surface area contributed by atoms with Crippen molar-refractivity contribution in [1.29, 1.82) is 0 Å². The van der Waals surface area contributed by atoms with Crippen molar-refractivity contribution < 1.29 is 14.7 Å². The van der Waals surface area contributed by atoms with Crippen LogP contribution < -0.4 is 5.73 Å². The maximum absolute atomic E-state index is 11.1. The van der Waals surface area contributed by atoms with E-state index >= 15 is 0 Å². The number of carbonyl (C=O) groups is 2. The maximum Gasteiger partial charge on any atom is 0.337 e. The highest BCUT2D eigenvalue weighted by atomic mass is 16.4. The lowest BCUT2D eigenvalue weighted by Gasteiger charge is -2.17. The summed E-state index contributed by atoms with van der Waals surface area (Å²) in [5.41, 5.74) is 6.11. The van der Waals surface area contributed by atoms with Gasteiger partial charge in [-0.1, -0.05) is 13.8 Å². The maximum atomic E-state index is 11.1. The van der Waals surface area contributed by atoms with Gasteiger partial charge in [-0.3, -0.25) is 4.79 Å². The molecule has 94 valence electrons. The summed E-state index contributed by atoms with van der Waals surface area (Å²) in [5, 5.41) is 9.12. The van der Waals surface area contributed by atoms with E-state index in [0.717, 1.165) is 12.8 Å². The standard InChI is InChI=1S/C12H18N2O3/c1-3-8(4-2)11-9(12(16)17)5-6-14(11)7-10(13)15/h5-6,8H,3-4,7H2,1-2H3,(H2,13,15)(H,16,17). The van der Waals surface area contributed by atoms with Gasteiger partial charge >= 0.3 is 5.97 Å². The van der Waals surface area contributed by atoms with Gasteiger partial charge in [0.2, 0.25) is 5.91 Å². The monoisotopic (exact) mass is 238 g/mol. The first-order valence-electron chi connectivity index (χ1n) is 5.71. The second-order valence-corrected chi connectivity index (χ2v) is 4.03. The Labute approximate surface area is 100 Å². The van der Waals surface area contributed by atoms with E-state index in [0.29, 0.717) is 5.69 Å². The molecule has 1 aromatic heterocycles. The first kappa shape index (κ1) is 13.3. The lowest BCUT2D eigenvalue weighted by molar-refractivity contribution is -0.118. The molecule has 0 unspecified atom stereocenters. The summed E-state index contributed by atoms with van der Waals surface area (Å²) in [6.45, 7) is 4.03. The van der Waals surface area contributed by atoms with Crippen LogP contribution >= 0.6 is 0 Å². The van der Waals surface area contributed by atoms with E-state index in [4.69, 9.17) is 10.8 Å². The van der Waals surface area contributed by atoms with Gasteiger partial charge in [0, 0.05) is 11.9 Å². The zero-order valence-electron chi connectivity index (χ0n) is 10.1. The molecule has 1 heterocycles. The van der Waals surface area contributed by atoms with E-state index in [1.165, 1.54) is 6.07 Å². The topological polar surface area (TPSA) is 85.3 Å². The Morgan fingerprint density at radius 2 is 2.00 bits per heavy atom. The van der Waals surface area contributed by atoms with Crippen molar-refractivity contribution in [2.24, 2.45) is 5.73 Å². The van der Waals surface area contributed by atoms with Gasteiger partial charge in [0.15, 0.2) is 0 Å². The molecule has 1 aromatic rings. The first-order chi connectivity index (χ1) is 8.01. The van der Waals surface area contributed by atoms with Crippen LogP contribution in [0.4, 0.5) is 0 Å². The second kappa shape index (κ2) is 5.52. The number of primary amides is 1. The number of nitrogens with zero attached hydrogens (tertiary/aromatic N) is 1. The number of nitrogens with two attached hydrogens (primary N) is 1. The van der Waals surface area contributed by atoms with Crippen LogP contribution in [0.1, 0.15) is 48.7 Å². The third-order valence-electron chi connectivity index (χ3n) is 2.94. The summed E-state index contributed by atoms with van der Waals surface area (Å²) in [5.74, 6) is -1.30. The Morgan fingerprint density at radius 3 is 2.41 bits per heavy atom. The number of carboxylic acid groups (broad SMARTS) is 1. The molecule has 0 spiro atoms. The van der Waals surface area contributed by atoms with Crippen molar-refractivity contribution in [2.45, 2.75) is 39.2 Å². The van der Waals surface area contributed by atoms with Crippen LogP contribution in [-0.4, -0.2) is 21.6 Å². The lowest BCUT2D eigenvalue weighted by atomic mass is 9.96. The fourth-order valence-corrected chi connectivity index (χ4v) is 2.10. The average Bonchev–Trinajstić information content (AvgIpc) is 2.63. The van der Waals surface area contributed by atoms with Crippen LogP contribution in [0, 0.1) is 0 Å². The smallest absolute Gasteiger partial charge is 0.337 e. The third-order valence-corrected chi connectivity index (χ3v) is 2.94. The van der Waals surface area contributed by atoms with Gasteiger partial charge in [0.1, 0.15) is 6.54 Å². The molecular weight excluding hydrogens is 220 g/mol. The number of aromatic carboxylic acids is 1. The quantitative estimate of drug-likeness (QED) is 0.788. The SMILES string of the molecule is CCC(CC)c1c(C(=O)O)ccn1CC(N)=O. The zero-order chi connectivity index (χ0) is 13.0. The molecule has 3 N–H and O–H groups in total. The minimum absolute atomic E-state index is 0.0269. The van der Waals surface area contributed by atoms with Crippen molar-refractivity contribution in [3.63, 3.8) is 0 Å². The second-order valence-electron chi connectivity index (χ2n) is 4.03. The van der Waals surface area contributed by atoms with Gasteiger partial charge in [0.05, 0.1) is 5.56 Å². The molecule has 5 nitrogen and oxygen atoms in total. The molecule has 0 aromatic carbocycles. The van der Waals surface area contributed by atoms with Crippen LogP contribution in [0.3, 0.4) is 0 Å². The fraction of sp³-hybridized carbons (Fsp3) is 0.500. The molecule has 0 fully saturated rings. The molecule has 0 atom stereocenters. The van der Waals surface area contributed by atoms with E-state index in [-0.39, 0.29) is 18.0 Å². The van der Waals surface area contributed by atoms with Crippen molar-refractivity contribution in [3.8, 4) is 0 Å². The fourth-order valence-electron chi connectivity index (χ4n) is 2.10. The molecule has 0 radical (unpaired) electrons. The highest BCUT2D eigenvalue weighted by Crippen LogP contribution is 2.27. The molecule has 1 amide bonds. The predicted molar refractivity (Wildman–Crippen MR) is 63.9 cm³/mol. The Hall–Kier alpha value is -1.78. The molecule has 5 heteroatoms. The average molecular weight is 238 g/mol. The summed E-state index contributed by atoms with van der Waals surface area (Å²) in [6, 6.07) is 1.53. The van der Waals surface area contributed by atoms with E-state index in [2.05, 4.69) is 0 Å². The zero-order valence-corrected chi connectivity index (χ0v) is 10.1. The molecule has 17 heavy (non-hydrogen) atoms. The van der Waals surface area contributed by atoms with E-state index in [9.17, 15) is 9.59 Å². The molecule has 0 aliphatic rings. The lowest BCUT2D eigenvalue weighted by Crippen LogP contribution is -2.21. The first-order valence-corrected chi connectivity index (χ1v) is 5.71. The Balaban J connectivity index is 3.22. The molecule has 1 rings (SSSR count). The van der Waals surface area contributed by atoms with E-state index in [1.807, 2.05) is 13.8 Å². The van der Waals surface area contributed by atoms with Crippen LogP contribution in [0.25, 0.3) is 0 Å². The van der Waals surface area contributed by atoms with Crippen LogP contribution in [0.5, 0.6) is 0 Å². The number of amides is 1. The summed E-state index contributed by atoms with van der Waals surface area (Å²) >= 11 is 0. The van der Waals surface area contributed by atoms with Crippen LogP contribution in [0.2, 0.25) is 0 Å². The third kappa shape index (κ3) is 2.87. The Bertz CT molecular complexity index is 419. The van der Waals surface area contributed by atoms with Crippen LogP contribution in [-0.2, 0) is 11.3 Å². The van der Waals surface area contributed by atoms with Gasteiger partial charge in [-0.15, -0.1) is 0 Å². The molecule has 0 aliphatic carbocycles. The largest absolute Gasteiger partial charge is 0.478 e. The van der Waals surface area contributed by atoms with Crippen molar-refractivity contribution >= 4 is 11.9 Å². The van der Waals surface area contributed by atoms with Gasteiger partial charge in [0.25, 0.3) is 0 Å². The highest BCUT2D eigenvalue weighted by molar-refractivity contribution is 5.89. The number of rotatable bonds is 6. The minimum Gasteiger partial charge on any atom is -0.478 e. The molecule has 0 saturated heterocycles. The summed E-state index contributed by atoms with van der Waals surface area (Å²) in [4.78, 5) is 22.1. The summed E-state index contributed by atoms with van der Waals surface area (Å²) < 4.78 is 1.64. The number of carbonyl (C=O) groups excluding carboxylic acids is 1. The van der Waals surface area contributed by atoms with E-state index in [1.54, 1.807) is 10.8 Å². The van der Waals surface area contributed by atoms with Gasteiger partial charge < -0.3 is 15.4 Å². The Morgan fingerprint density at radius 1 is 1.41 bits per heavy atom. The Kier molecular flexibility index (Phi) is 4.31. The number of aromatic nitrogens is 1. The normalized spacial score (nSPS) is 10.8. The van der Waals surface area contributed by atoms with Crippen LogP contribution in [0.15, 0.2) is 12.3 Å². The molecular formula is C12H18N2O3. The number of hydrogen-bond acceptors (Lipinski definition) is 2.